The van der Waals surface area contributed by atoms with Crippen LogP contribution in [0.15, 0.2) is 5.38 Å². The number of urea groups is 1. The van der Waals surface area contributed by atoms with Crippen molar-refractivity contribution in [1.29, 1.82) is 0 Å². The molecule has 1 unspecified atom stereocenters. The van der Waals surface area contributed by atoms with Gasteiger partial charge in [0.05, 0.1) is 18.2 Å². The van der Waals surface area contributed by atoms with Crippen molar-refractivity contribution >= 4 is 29.2 Å². The Hall–Kier alpha value is -2.20. The number of likely N-dealkylation sites (N-methyl/N-ethyl adjacent to an activating group) is 1. The summed E-state index contributed by atoms with van der Waals surface area (Å²) in [7, 11) is 3.29. The predicted molar refractivity (Wildman–Crippen MR) is 86.2 cm³/mol. The van der Waals surface area contributed by atoms with E-state index in [1.807, 2.05) is 0 Å². The molecule has 2 heterocycles. The standard InChI is InChI=1S/C14H20N4O5S/c1-17(2)12(19)10-7-18(5-6-23-10)14(22)15-4-3-11-16-9(8-24-11)13(20)21/h8,10H,3-7H2,1-2H3,(H,15,22)(H,20,21). The van der Waals surface area contributed by atoms with Gasteiger partial charge in [0.2, 0.25) is 0 Å². The number of hydrogen-bond acceptors (Lipinski definition) is 6. The minimum Gasteiger partial charge on any atom is -0.476 e. The van der Waals surface area contributed by atoms with Crippen LogP contribution < -0.4 is 5.32 Å². The fourth-order valence-electron chi connectivity index (χ4n) is 2.18. The van der Waals surface area contributed by atoms with Crippen molar-refractivity contribution < 1.29 is 24.2 Å². The van der Waals surface area contributed by atoms with E-state index in [0.717, 1.165) is 0 Å². The number of carbonyl (C=O) groups excluding carboxylic acids is 2. The molecule has 3 amide bonds. The topological polar surface area (TPSA) is 112 Å². The minimum absolute atomic E-state index is 0.0135. The van der Waals surface area contributed by atoms with Gasteiger partial charge in [-0.3, -0.25) is 4.79 Å². The Labute approximate surface area is 143 Å². The minimum atomic E-state index is -1.06. The van der Waals surface area contributed by atoms with Crippen molar-refractivity contribution in [3.63, 3.8) is 0 Å². The van der Waals surface area contributed by atoms with Gasteiger partial charge < -0.3 is 25.0 Å². The molecule has 132 valence electrons. The number of nitrogens with one attached hydrogen (secondary N) is 1. The van der Waals surface area contributed by atoms with E-state index in [0.29, 0.717) is 31.1 Å². The van der Waals surface area contributed by atoms with Crippen LogP contribution in [0.3, 0.4) is 0 Å². The molecule has 24 heavy (non-hydrogen) atoms. The van der Waals surface area contributed by atoms with Gasteiger partial charge >= 0.3 is 12.0 Å². The molecule has 0 aromatic carbocycles. The van der Waals surface area contributed by atoms with Crippen LogP contribution in [0.25, 0.3) is 0 Å². The summed E-state index contributed by atoms with van der Waals surface area (Å²) in [4.78, 5) is 41.8. The first-order valence-electron chi connectivity index (χ1n) is 7.41. The summed E-state index contributed by atoms with van der Waals surface area (Å²) in [6, 6.07) is -0.273. The van der Waals surface area contributed by atoms with Crippen LogP contribution in [-0.4, -0.2) is 84.2 Å². The van der Waals surface area contributed by atoms with E-state index in [1.165, 1.54) is 21.6 Å². The maximum atomic E-state index is 12.2. The normalized spacial score (nSPS) is 17.4. The Morgan fingerprint density at radius 3 is 2.88 bits per heavy atom. The average molecular weight is 356 g/mol. The number of hydrogen-bond donors (Lipinski definition) is 2. The third-order valence-electron chi connectivity index (χ3n) is 3.46. The van der Waals surface area contributed by atoms with Crippen LogP contribution in [0.2, 0.25) is 0 Å². The maximum absolute atomic E-state index is 12.2. The Balaban J connectivity index is 1.79. The Morgan fingerprint density at radius 1 is 1.50 bits per heavy atom. The zero-order chi connectivity index (χ0) is 17.7. The fraction of sp³-hybridized carbons (Fsp3) is 0.571. The van der Waals surface area contributed by atoms with E-state index in [9.17, 15) is 14.4 Å². The monoisotopic (exact) mass is 356 g/mol. The maximum Gasteiger partial charge on any atom is 0.355 e. The van der Waals surface area contributed by atoms with Gasteiger partial charge in [-0.25, -0.2) is 14.6 Å². The molecule has 0 aliphatic carbocycles. The molecule has 9 nitrogen and oxygen atoms in total. The lowest BCUT2D eigenvalue weighted by Gasteiger charge is -2.33. The lowest BCUT2D eigenvalue weighted by atomic mass is 10.2. The second kappa shape index (κ2) is 8.06. The molecular formula is C14H20N4O5S. The first-order valence-corrected chi connectivity index (χ1v) is 8.29. The number of rotatable bonds is 5. The van der Waals surface area contributed by atoms with Crippen LogP contribution in [0.1, 0.15) is 15.5 Å². The van der Waals surface area contributed by atoms with Crippen molar-refractivity contribution in [2.45, 2.75) is 12.5 Å². The molecule has 0 spiro atoms. The van der Waals surface area contributed by atoms with Crippen LogP contribution in [0.4, 0.5) is 4.79 Å². The fourth-order valence-corrected chi connectivity index (χ4v) is 2.96. The highest BCUT2D eigenvalue weighted by atomic mass is 32.1. The molecule has 1 aliphatic heterocycles. The molecule has 0 bridgehead atoms. The van der Waals surface area contributed by atoms with Gasteiger partial charge in [-0.15, -0.1) is 11.3 Å². The van der Waals surface area contributed by atoms with Gasteiger partial charge in [0, 0.05) is 39.0 Å². The molecule has 2 N–H and O–H groups in total. The van der Waals surface area contributed by atoms with Gasteiger partial charge in [0.1, 0.15) is 0 Å². The molecule has 2 rings (SSSR count). The molecule has 10 heteroatoms. The number of thiazole rings is 1. The quantitative estimate of drug-likeness (QED) is 0.761. The van der Waals surface area contributed by atoms with E-state index in [2.05, 4.69) is 10.3 Å². The van der Waals surface area contributed by atoms with Crippen molar-refractivity contribution in [2.24, 2.45) is 0 Å². The van der Waals surface area contributed by atoms with Crippen LogP contribution in [0, 0.1) is 0 Å². The molecule has 1 aromatic heterocycles. The lowest BCUT2D eigenvalue weighted by molar-refractivity contribution is -0.145. The Bertz CT molecular complexity index is 618. The van der Waals surface area contributed by atoms with Crippen molar-refractivity contribution in [2.75, 3.05) is 40.3 Å². The van der Waals surface area contributed by atoms with E-state index in [-0.39, 0.29) is 24.2 Å². The molecule has 1 aromatic rings. The van der Waals surface area contributed by atoms with E-state index in [1.54, 1.807) is 19.0 Å². The molecule has 0 radical (unpaired) electrons. The highest BCUT2D eigenvalue weighted by Gasteiger charge is 2.30. The van der Waals surface area contributed by atoms with Crippen LogP contribution >= 0.6 is 11.3 Å². The third kappa shape index (κ3) is 4.65. The van der Waals surface area contributed by atoms with Crippen molar-refractivity contribution in [3.8, 4) is 0 Å². The number of carbonyl (C=O) groups is 3. The summed E-state index contributed by atoms with van der Waals surface area (Å²) in [5, 5.41) is 13.7. The average Bonchev–Trinajstić information content (AvgIpc) is 3.03. The largest absolute Gasteiger partial charge is 0.476 e. The third-order valence-corrected chi connectivity index (χ3v) is 4.36. The van der Waals surface area contributed by atoms with E-state index < -0.39 is 12.1 Å². The zero-order valence-corrected chi connectivity index (χ0v) is 14.3. The van der Waals surface area contributed by atoms with Crippen molar-refractivity contribution in [3.05, 3.63) is 16.1 Å². The Morgan fingerprint density at radius 2 is 2.25 bits per heavy atom. The molecule has 1 atom stereocenters. The molecule has 1 fully saturated rings. The predicted octanol–water partition coefficient (Wildman–Crippen LogP) is -0.118. The smallest absolute Gasteiger partial charge is 0.355 e. The summed E-state index contributed by atoms with van der Waals surface area (Å²) in [5.74, 6) is -1.23. The van der Waals surface area contributed by atoms with Gasteiger partial charge in [-0.2, -0.15) is 0 Å². The zero-order valence-electron chi connectivity index (χ0n) is 13.5. The summed E-state index contributed by atoms with van der Waals surface area (Å²) >= 11 is 1.25. The van der Waals surface area contributed by atoms with Gasteiger partial charge in [0.15, 0.2) is 11.8 Å². The number of morpholine rings is 1. The number of aromatic nitrogens is 1. The number of ether oxygens (including phenoxy) is 1. The molecule has 1 aliphatic rings. The summed E-state index contributed by atoms with van der Waals surface area (Å²) < 4.78 is 5.40. The number of aromatic carboxylic acids is 1. The van der Waals surface area contributed by atoms with Crippen LogP contribution in [0.5, 0.6) is 0 Å². The first-order chi connectivity index (χ1) is 11.4. The van der Waals surface area contributed by atoms with Gasteiger partial charge in [0.25, 0.3) is 5.91 Å². The highest BCUT2D eigenvalue weighted by Crippen LogP contribution is 2.10. The van der Waals surface area contributed by atoms with Gasteiger partial charge in [-0.1, -0.05) is 0 Å². The number of amides is 3. The molecule has 1 saturated heterocycles. The number of carboxylic acid groups (broad SMARTS) is 1. The Kier molecular flexibility index (Phi) is 6.10. The first kappa shape index (κ1) is 18.1. The molecular weight excluding hydrogens is 336 g/mol. The molecule has 0 saturated carbocycles. The van der Waals surface area contributed by atoms with Crippen molar-refractivity contribution in [1.82, 2.24) is 20.1 Å². The van der Waals surface area contributed by atoms with Gasteiger partial charge in [-0.05, 0) is 0 Å². The second-order valence-electron chi connectivity index (χ2n) is 5.45. The SMILES string of the molecule is CN(C)C(=O)C1CN(C(=O)NCCc2nc(C(=O)O)cs2)CCO1. The van der Waals surface area contributed by atoms with E-state index in [4.69, 9.17) is 9.84 Å². The number of nitrogens with zero attached hydrogens (tertiary/aromatic N) is 3. The summed E-state index contributed by atoms with van der Waals surface area (Å²) in [6.07, 6.45) is -0.190. The summed E-state index contributed by atoms with van der Waals surface area (Å²) in [5.41, 5.74) is 0.0135. The lowest BCUT2D eigenvalue weighted by Crippen LogP contribution is -2.53. The van der Waals surface area contributed by atoms with E-state index >= 15 is 0 Å². The second-order valence-corrected chi connectivity index (χ2v) is 6.39. The highest BCUT2D eigenvalue weighted by molar-refractivity contribution is 7.09. The number of carboxylic acids is 1. The van der Waals surface area contributed by atoms with Crippen LogP contribution in [-0.2, 0) is 16.0 Å². The summed E-state index contributed by atoms with van der Waals surface area (Å²) in [6.45, 7) is 1.29.